The molecule has 0 atom stereocenters. The first-order chi connectivity index (χ1) is 11.6. The predicted octanol–water partition coefficient (Wildman–Crippen LogP) is -2.50. The second-order valence-electron chi connectivity index (χ2n) is 4.96. The minimum atomic E-state index is -2.74. The molecule has 0 bridgehead atoms. The van der Waals surface area contributed by atoms with Gasteiger partial charge in [-0.15, -0.1) is 0 Å². The van der Waals surface area contributed by atoms with Crippen LogP contribution in [0, 0.1) is 0 Å². The van der Waals surface area contributed by atoms with E-state index >= 15 is 0 Å². The van der Waals surface area contributed by atoms with Crippen molar-refractivity contribution in [3.63, 3.8) is 0 Å². The van der Waals surface area contributed by atoms with Crippen molar-refractivity contribution in [2.24, 2.45) is 0 Å². The van der Waals surface area contributed by atoms with E-state index in [1.807, 2.05) is 0 Å². The van der Waals surface area contributed by atoms with Crippen molar-refractivity contribution in [3.05, 3.63) is 0 Å². The second-order valence-corrected chi connectivity index (χ2v) is 4.96. The maximum absolute atomic E-state index is 10.3. The van der Waals surface area contributed by atoms with E-state index in [4.69, 9.17) is 40.9 Å². The van der Waals surface area contributed by atoms with E-state index in [1.54, 1.807) is 0 Å². The summed E-state index contributed by atoms with van der Waals surface area (Å²) in [5, 5.41) is 67.6. The van der Waals surface area contributed by atoms with Crippen LogP contribution >= 0.6 is 0 Å². The molecule has 0 heterocycles. The molecule has 8 N–H and O–H groups in total. The first kappa shape index (κ1) is 38.2. The van der Waals surface area contributed by atoms with Gasteiger partial charge >= 0.3 is 35.8 Å². The van der Waals surface area contributed by atoms with Gasteiger partial charge in [0.2, 0.25) is 0 Å². The van der Waals surface area contributed by atoms with Gasteiger partial charge in [0.25, 0.3) is 0 Å². The summed E-state index contributed by atoms with van der Waals surface area (Å²) in [6.07, 6.45) is -4.58. The molecule has 0 aliphatic heterocycles. The van der Waals surface area contributed by atoms with Crippen LogP contribution in [0.5, 0.6) is 0 Å². The molecule has 0 fully saturated rings. The molecule has 0 saturated carbocycles. The molecular weight excluding hydrogens is 677 g/mol. The van der Waals surface area contributed by atoms with Crippen LogP contribution in [-0.4, -0.2) is 87.9 Å². The Balaban J connectivity index is -0.000000120. The predicted molar refractivity (Wildman–Crippen MR) is 74.2 cm³/mol. The standard InChI is InChI=1S/2C6H8O7.3Rh/c2*7-3(8)1-6(13,5(11)12)2-4(9)10;;;/h2*13H,1-2H2,(H,7,8)(H,9,10)(H,11,12);;;. The third-order valence-electron chi connectivity index (χ3n) is 2.57. The molecule has 3 radical (unpaired) electrons. The average Bonchev–Trinajstić information content (AvgIpc) is 2.34. The molecule has 14 nitrogen and oxygen atoms in total. The van der Waals surface area contributed by atoms with Gasteiger partial charge in [0.1, 0.15) is 0 Å². The smallest absolute Gasteiger partial charge is 0.336 e. The number of hydrogen-bond donors (Lipinski definition) is 8. The normalized spacial score (nSPS) is 9.72. The molecule has 0 aromatic carbocycles. The maximum atomic E-state index is 10.3. The van der Waals surface area contributed by atoms with Gasteiger partial charge in [-0.05, 0) is 0 Å². The molecule has 0 amide bonds. The molecule has 0 aromatic rings. The van der Waals surface area contributed by atoms with E-state index in [-0.39, 0.29) is 58.4 Å². The van der Waals surface area contributed by atoms with E-state index in [9.17, 15) is 28.8 Å². The van der Waals surface area contributed by atoms with Crippen molar-refractivity contribution in [2.45, 2.75) is 36.9 Å². The van der Waals surface area contributed by atoms with Gasteiger partial charge in [0.05, 0.1) is 25.7 Å². The van der Waals surface area contributed by atoms with Gasteiger partial charge in [-0.2, -0.15) is 0 Å². The molecule has 0 aliphatic rings. The van der Waals surface area contributed by atoms with Crippen LogP contribution < -0.4 is 0 Å². The molecule has 0 aromatic heterocycles. The van der Waals surface area contributed by atoms with Crippen LogP contribution in [0.4, 0.5) is 0 Å². The van der Waals surface area contributed by atoms with Crippen LogP contribution in [0.2, 0.25) is 0 Å². The Morgan fingerprint density at radius 1 is 0.448 bits per heavy atom. The van der Waals surface area contributed by atoms with E-state index in [0.29, 0.717) is 0 Å². The van der Waals surface area contributed by atoms with Crippen molar-refractivity contribution in [3.8, 4) is 0 Å². The minimum absolute atomic E-state index is 0. The fourth-order valence-corrected chi connectivity index (χ4v) is 1.43. The Bertz CT molecular complexity index is 521. The molecule has 29 heavy (non-hydrogen) atoms. The van der Waals surface area contributed by atoms with Crippen molar-refractivity contribution >= 4 is 35.8 Å². The van der Waals surface area contributed by atoms with E-state index < -0.39 is 72.7 Å². The fraction of sp³-hybridized carbons (Fsp3) is 0.500. The van der Waals surface area contributed by atoms with Gasteiger partial charge < -0.3 is 40.9 Å². The van der Waals surface area contributed by atoms with Gasteiger partial charge in [0.15, 0.2) is 11.2 Å². The topological polar surface area (TPSA) is 264 Å². The summed E-state index contributed by atoms with van der Waals surface area (Å²) >= 11 is 0. The Morgan fingerprint density at radius 2 is 0.586 bits per heavy atom. The summed E-state index contributed by atoms with van der Waals surface area (Å²) in [6, 6.07) is 0. The molecule has 0 aliphatic carbocycles. The number of aliphatic carboxylic acids is 6. The zero-order chi connectivity index (χ0) is 21.3. The van der Waals surface area contributed by atoms with Crippen LogP contribution in [0.3, 0.4) is 0 Å². The van der Waals surface area contributed by atoms with Crippen LogP contribution in [0.15, 0.2) is 0 Å². The van der Waals surface area contributed by atoms with Crippen molar-refractivity contribution in [1.29, 1.82) is 0 Å². The second kappa shape index (κ2) is 16.4. The number of carboxylic acid groups (broad SMARTS) is 6. The molecular formula is C12H16O14Rh3. The third-order valence-corrected chi connectivity index (χ3v) is 2.57. The summed E-state index contributed by atoms with van der Waals surface area (Å²) in [7, 11) is 0. The molecule has 0 spiro atoms. The molecule has 0 rings (SSSR count). The van der Waals surface area contributed by atoms with Crippen molar-refractivity contribution in [2.75, 3.05) is 0 Å². The SMILES string of the molecule is O=C(O)CC(O)(CC(=O)O)C(=O)O.O=C(O)CC(O)(CC(=O)O)C(=O)O.[Rh].[Rh].[Rh]. The summed E-state index contributed by atoms with van der Waals surface area (Å²) in [6.45, 7) is 0. The molecule has 0 saturated heterocycles. The van der Waals surface area contributed by atoms with Crippen molar-refractivity contribution < 1.29 is 128 Å². The van der Waals surface area contributed by atoms with Gasteiger partial charge in [-0.1, -0.05) is 0 Å². The fourth-order valence-electron chi connectivity index (χ4n) is 1.43. The van der Waals surface area contributed by atoms with Crippen LogP contribution in [-0.2, 0) is 87.2 Å². The Labute approximate surface area is 200 Å². The van der Waals surface area contributed by atoms with E-state index in [1.165, 1.54) is 0 Å². The average molecular weight is 693 g/mol. The number of rotatable bonds is 10. The van der Waals surface area contributed by atoms with Crippen molar-refractivity contribution in [1.82, 2.24) is 0 Å². The van der Waals surface area contributed by atoms with Crippen LogP contribution in [0.25, 0.3) is 0 Å². The zero-order valence-electron chi connectivity index (χ0n) is 13.9. The molecule has 0 unspecified atom stereocenters. The summed E-state index contributed by atoms with van der Waals surface area (Å²) in [5.74, 6) is -10.0. The van der Waals surface area contributed by atoms with Crippen LogP contribution in [0.1, 0.15) is 25.7 Å². The quantitative estimate of drug-likeness (QED) is 0.110. The monoisotopic (exact) mass is 693 g/mol. The van der Waals surface area contributed by atoms with Gasteiger partial charge in [-0.3, -0.25) is 19.2 Å². The number of carbonyl (C=O) groups is 6. The van der Waals surface area contributed by atoms with E-state index in [0.717, 1.165) is 0 Å². The number of hydrogen-bond acceptors (Lipinski definition) is 8. The molecule has 17 heteroatoms. The van der Waals surface area contributed by atoms with Gasteiger partial charge in [0, 0.05) is 58.4 Å². The Kier molecular flexibility index (Phi) is 21.6. The minimum Gasteiger partial charge on any atom is -0.481 e. The largest absolute Gasteiger partial charge is 0.481 e. The molecule has 175 valence electrons. The third kappa shape index (κ3) is 17.2. The maximum Gasteiger partial charge on any atom is 0.336 e. The Morgan fingerprint density at radius 3 is 0.655 bits per heavy atom. The first-order valence-electron chi connectivity index (χ1n) is 6.34. The summed E-state index contributed by atoms with van der Waals surface area (Å²) < 4.78 is 0. The number of carboxylic acids is 6. The first-order valence-corrected chi connectivity index (χ1v) is 6.34. The summed E-state index contributed by atoms with van der Waals surface area (Å²) in [5.41, 5.74) is -5.48. The number of aliphatic hydroxyl groups is 2. The van der Waals surface area contributed by atoms with E-state index in [2.05, 4.69) is 0 Å². The Hall–Kier alpha value is -1.39. The summed E-state index contributed by atoms with van der Waals surface area (Å²) in [4.78, 5) is 61.0. The van der Waals surface area contributed by atoms with Gasteiger partial charge in [-0.25, -0.2) is 9.59 Å². The zero-order valence-corrected chi connectivity index (χ0v) is 18.8.